The molecule has 20 heavy (non-hydrogen) atoms. The van der Waals surface area contributed by atoms with E-state index in [4.69, 9.17) is 0 Å². The molecule has 0 aliphatic carbocycles. The lowest BCUT2D eigenvalue weighted by Gasteiger charge is -2.19. The maximum absolute atomic E-state index is 10.2. The Balaban J connectivity index is 1.81. The first kappa shape index (κ1) is 14.5. The van der Waals surface area contributed by atoms with E-state index in [-0.39, 0.29) is 6.04 Å². The van der Waals surface area contributed by atoms with Gasteiger partial charge in [-0.2, -0.15) is 0 Å². The summed E-state index contributed by atoms with van der Waals surface area (Å²) in [5, 5.41) is 13.5. The molecular formula is C18H21NO. The van der Waals surface area contributed by atoms with Crippen LogP contribution in [0.2, 0.25) is 0 Å². The molecule has 2 aromatic carbocycles. The summed E-state index contributed by atoms with van der Waals surface area (Å²) in [6, 6.07) is 19.9. The zero-order valence-electron chi connectivity index (χ0n) is 11.7. The summed E-state index contributed by atoms with van der Waals surface area (Å²) in [6.07, 6.45) is 3.67. The van der Waals surface area contributed by atoms with E-state index in [1.54, 1.807) is 0 Å². The summed E-state index contributed by atoms with van der Waals surface area (Å²) < 4.78 is 0. The van der Waals surface area contributed by atoms with Crippen LogP contribution in [0, 0.1) is 0 Å². The van der Waals surface area contributed by atoms with Gasteiger partial charge in [0.05, 0.1) is 6.10 Å². The Bertz CT molecular complexity index is 522. The average molecular weight is 267 g/mol. The normalized spacial score (nSPS) is 14.3. The number of aliphatic hydroxyl groups is 1. The predicted octanol–water partition coefficient (Wildman–Crippen LogP) is 3.41. The molecule has 0 amide bonds. The lowest BCUT2D eigenvalue weighted by Crippen LogP contribution is -2.32. The van der Waals surface area contributed by atoms with Crippen molar-refractivity contribution in [2.24, 2.45) is 0 Å². The fraction of sp³-hybridized carbons (Fsp3) is 0.222. The molecule has 2 aromatic rings. The van der Waals surface area contributed by atoms with Crippen LogP contribution in [0.4, 0.5) is 0 Å². The van der Waals surface area contributed by atoms with Crippen LogP contribution < -0.4 is 5.32 Å². The Morgan fingerprint density at radius 2 is 1.60 bits per heavy atom. The van der Waals surface area contributed by atoms with Gasteiger partial charge in [-0.3, -0.25) is 0 Å². The summed E-state index contributed by atoms with van der Waals surface area (Å²) in [4.78, 5) is 0. The highest BCUT2D eigenvalue weighted by molar-refractivity contribution is 5.48. The van der Waals surface area contributed by atoms with Crippen molar-refractivity contribution in [3.8, 4) is 0 Å². The lowest BCUT2D eigenvalue weighted by molar-refractivity contribution is 0.138. The second-order valence-corrected chi connectivity index (χ2v) is 4.87. The third kappa shape index (κ3) is 4.34. The van der Waals surface area contributed by atoms with Gasteiger partial charge in [-0.25, -0.2) is 0 Å². The fourth-order valence-electron chi connectivity index (χ4n) is 2.06. The van der Waals surface area contributed by atoms with Gasteiger partial charge in [-0.05, 0) is 18.1 Å². The first-order valence-corrected chi connectivity index (χ1v) is 6.95. The zero-order chi connectivity index (χ0) is 14.2. The summed E-state index contributed by atoms with van der Waals surface area (Å²) >= 11 is 0. The predicted molar refractivity (Wildman–Crippen MR) is 84.3 cm³/mol. The second kappa shape index (κ2) is 7.63. The van der Waals surface area contributed by atoms with E-state index in [0.29, 0.717) is 0 Å². The molecule has 0 fully saturated rings. The van der Waals surface area contributed by atoms with Gasteiger partial charge in [0.15, 0.2) is 0 Å². The van der Waals surface area contributed by atoms with Gasteiger partial charge < -0.3 is 10.4 Å². The van der Waals surface area contributed by atoms with E-state index in [1.807, 2.05) is 55.5 Å². The molecule has 2 rings (SSSR count). The van der Waals surface area contributed by atoms with Gasteiger partial charge in [-0.15, -0.1) is 0 Å². The molecule has 0 radical (unpaired) electrons. The monoisotopic (exact) mass is 267 g/mol. The highest BCUT2D eigenvalue weighted by Gasteiger charge is 2.14. The minimum Gasteiger partial charge on any atom is -0.387 e. The van der Waals surface area contributed by atoms with E-state index in [2.05, 4.69) is 29.6 Å². The van der Waals surface area contributed by atoms with Crippen LogP contribution in [0.5, 0.6) is 0 Å². The number of aliphatic hydroxyl groups excluding tert-OH is 1. The van der Waals surface area contributed by atoms with E-state index >= 15 is 0 Å². The Labute approximate surface area is 120 Å². The molecule has 0 bridgehead atoms. The molecule has 2 N–H and O–H groups in total. The molecule has 2 atom stereocenters. The van der Waals surface area contributed by atoms with Gasteiger partial charge in [-0.1, -0.05) is 72.8 Å². The van der Waals surface area contributed by atoms with Crippen molar-refractivity contribution in [3.05, 3.63) is 77.9 Å². The number of hydrogen-bond donors (Lipinski definition) is 2. The number of hydrogen-bond acceptors (Lipinski definition) is 2. The zero-order valence-corrected chi connectivity index (χ0v) is 11.7. The molecule has 0 aromatic heterocycles. The van der Waals surface area contributed by atoms with Crippen LogP contribution in [-0.2, 0) is 0 Å². The smallest absolute Gasteiger partial charge is 0.0940 e. The Morgan fingerprint density at radius 1 is 1.00 bits per heavy atom. The van der Waals surface area contributed by atoms with Crippen molar-refractivity contribution >= 4 is 6.08 Å². The van der Waals surface area contributed by atoms with Crippen molar-refractivity contribution in [3.63, 3.8) is 0 Å². The molecule has 0 aliphatic rings. The topological polar surface area (TPSA) is 32.3 Å². The Kier molecular flexibility index (Phi) is 5.54. The number of nitrogens with one attached hydrogen (secondary N) is 1. The second-order valence-electron chi connectivity index (χ2n) is 4.87. The van der Waals surface area contributed by atoms with Gasteiger partial charge in [0.25, 0.3) is 0 Å². The number of rotatable bonds is 6. The van der Waals surface area contributed by atoms with Crippen LogP contribution in [0.1, 0.15) is 24.2 Å². The number of benzene rings is 2. The molecule has 0 heterocycles. The molecular weight excluding hydrogens is 246 g/mol. The third-order valence-corrected chi connectivity index (χ3v) is 3.28. The molecule has 0 spiro atoms. The average Bonchev–Trinajstić information content (AvgIpc) is 2.52. The van der Waals surface area contributed by atoms with Crippen LogP contribution in [-0.4, -0.2) is 17.7 Å². The molecule has 0 saturated carbocycles. The Hall–Kier alpha value is -1.90. The van der Waals surface area contributed by atoms with Gasteiger partial charge >= 0.3 is 0 Å². The summed E-state index contributed by atoms with van der Waals surface area (Å²) in [7, 11) is 0. The van der Waals surface area contributed by atoms with Gasteiger partial charge in [0.1, 0.15) is 0 Å². The molecule has 2 nitrogen and oxygen atoms in total. The van der Waals surface area contributed by atoms with Crippen LogP contribution in [0.25, 0.3) is 6.08 Å². The van der Waals surface area contributed by atoms with Crippen LogP contribution in [0.15, 0.2) is 66.7 Å². The Morgan fingerprint density at radius 3 is 2.25 bits per heavy atom. The molecule has 2 heteroatoms. The maximum atomic E-state index is 10.2. The van der Waals surface area contributed by atoms with Crippen molar-refractivity contribution < 1.29 is 5.11 Å². The van der Waals surface area contributed by atoms with Gasteiger partial charge in [0, 0.05) is 12.6 Å². The first-order valence-electron chi connectivity index (χ1n) is 6.95. The highest BCUT2D eigenvalue weighted by Crippen LogP contribution is 2.15. The standard InChI is InChI=1S/C18H21NO/c1-15(18(20)17-12-6-3-7-13-17)19-14-8-11-16-9-4-2-5-10-16/h2-13,15,18-20H,14H2,1H3/b11-8+. The van der Waals surface area contributed by atoms with E-state index in [9.17, 15) is 5.11 Å². The summed E-state index contributed by atoms with van der Waals surface area (Å²) in [5.74, 6) is 0. The lowest BCUT2D eigenvalue weighted by atomic mass is 10.0. The van der Waals surface area contributed by atoms with Crippen molar-refractivity contribution in [2.75, 3.05) is 6.54 Å². The summed E-state index contributed by atoms with van der Waals surface area (Å²) in [6.45, 7) is 2.73. The van der Waals surface area contributed by atoms with Crippen molar-refractivity contribution in [1.29, 1.82) is 0 Å². The molecule has 2 unspecified atom stereocenters. The summed E-state index contributed by atoms with van der Waals surface area (Å²) in [5.41, 5.74) is 2.13. The van der Waals surface area contributed by atoms with E-state index in [0.717, 1.165) is 12.1 Å². The van der Waals surface area contributed by atoms with E-state index in [1.165, 1.54) is 5.56 Å². The fourth-order valence-corrected chi connectivity index (χ4v) is 2.06. The first-order chi connectivity index (χ1) is 9.77. The third-order valence-electron chi connectivity index (χ3n) is 3.28. The van der Waals surface area contributed by atoms with Gasteiger partial charge in [0.2, 0.25) is 0 Å². The minimum absolute atomic E-state index is 0.0119. The minimum atomic E-state index is -0.485. The molecule has 104 valence electrons. The van der Waals surface area contributed by atoms with Crippen LogP contribution in [0.3, 0.4) is 0 Å². The SMILES string of the molecule is CC(NC/C=C/c1ccccc1)C(O)c1ccccc1. The van der Waals surface area contributed by atoms with Crippen molar-refractivity contribution in [2.45, 2.75) is 19.1 Å². The molecule has 0 aliphatic heterocycles. The van der Waals surface area contributed by atoms with Crippen LogP contribution >= 0.6 is 0 Å². The van der Waals surface area contributed by atoms with E-state index < -0.39 is 6.10 Å². The molecule has 0 saturated heterocycles. The highest BCUT2D eigenvalue weighted by atomic mass is 16.3. The maximum Gasteiger partial charge on any atom is 0.0940 e. The quantitative estimate of drug-likeness (QED) is 0.840. The van der Waals surface area contributed by atoms with Crippen molar-refractivity contribution in [1.82, 2.24) is 5.32 Å². The largest absolute Gasteiger partial charge is 0.387 e.